The van der Waals surface area contributed by atoms with Gasteiger partial charge in [0.15, 0.2) is 5.78 Å². The molecule has 0 radical (unpaired) electrons. The molecule has 0 heterocycles. The van der Waals surface area contributed by atoms with Gasteiger partial charge in [0.25, 0.3) is 7.37 Å². The number of allylic oxidation sites excluding steroid dienone is 1. The van der Waals surface area contributed by atoms with Gasteiger partial charge in [0.05, 0.1) is 10.7 Å². The van der Waals surface area contributed by atoms with Crippen molar-refractivity contribution >= 4 is 40.5 Å². The molecule has 2 unspecified atom stereocenters. The molecule has 0 aliphatic rings. The Kier molecular flexibility index (Phi) is 8.88. The van der Waals surface area contributed by atoms with Gasteiger partial charge in [0.1, 0.15) is 0 Å². The first-order valence-corrected chi connectivity index (χ1v) is 14.5. The summed E-state index contributed by atoms with van der Waals surface area (Å²) in [7, 11) is -4.94. The molecule has 0 spiro atoms. The van der Waals surface area contributed by atoms with Crippen LogP contribution in [0.15, 0.2) is 120 Å². The monoisotopic (exact) mass is 594 g/mol. The van der Waals surface area contributed by atoms with Crippen molar-refractivity contribution in [3.8, 4) is 0 Å². The minimum Gasteiger partial charge on any atom is -0.337 e. The van der Waals surface area contributed by atoms with Crippen LogP contribution in [0.4, 0.5) is 8.78 Å². The fourth-order valence-electron chi connectivity index (χ4n) is 4.56. The van der Waals surface area contributed by atoms with E-state index in [-0.39, 0.29) is 22.0 Å². The summed E-state index contributed by atoms with van der Waals surface area (Å²) in [6.07, 6.45) is 0.883. The highest BCUT2D eigenvalue weighted by Gasteiger charge is 2.41. The third kappa shape index (κ3) is 5.94. The average Bonchev–Trinajstić information content (AvgIpc) is 2.94. The van der Waals surface area contributed by atoms with Crippen LogP contribution in [0.25, 0.3) is 6.08 Å². The zero-order chi connectivity index (χ0) is 27.2. The maximum atomic E-state index is 14.3. The van der Waals surface area contributed by atoms with E-state index in [0.717, 1.165) is 11.1 Å². The van der Waals surface area contributed by atoms with Crippen molar-refractivity contribution in [3.05, 3.63) is 142 Å². The van der Waals surface area contributed by atoms with Gasteiger partial charge in [0.2, 0.25) is 0 Å². The number of hydrogen-bond acceptors (Lipinski definition) is 2. The van der Waals surface area contributed by atoms with Gasteiger partial charge >= 0.3 is 6.17 Å². The first-order valence-electron chi connectivity index (χ1n) is 12.0. The third-order valence-corrected chi connectivity index (χ3v) is 9.37. The molecule has 2 atom stereocenters. The second-order valence-corrected chi connectivity index (χ2v) is 11.9. The molecule has 7 heteroatoms. The number of hydrogen-bond donors (Lipinski definition) is 1. The SMILES string of the molecule is O=C(c1ccccc1)C(CC=Cc1ccccc1)(Cc1cccc(P(=O)(O)C(F)F)c1Br)c1ccccc1. The first-order chi connectivity index (χ1) is 18.3. The van der Waals surface area contributed by atoms with Crippen LogP contribution < -0.4 is 5.30 Å². The van der Waals surface area contributed by atoms with Gasteiger partial charge in [-0.15, -0.1) is 0 Å². The van der Waals surface area contributed by atoms with Gasteiger partial charge in [-0.3, -0.25) is 9.36 Å². The molecule has 0 fully saturated rings. The maximum absolute atomic E-state index is 14.3. The number of carbonyl (C=O) groups is 1. The third-order valence-electron chi connectivity index (χ3n) is 6.53. The number of carbonyl (C=O) groups excluding carboxylic acids is 1. The van der Waals surface area contributed by atoms with Crippen molar-refractivity contribution in [2.45, 2.75) is 24.4 Å². The molecule has 194 valence electrons. The predicted octanol–water partition coefficient (Wildman–Crippen LogP) is 8.03. The summed E-state index contributed by atoms with van der Waals surface area (Å²) >= 11 is 3.33. The lowest BCUT2D eigenvalue weighted by Gasteiger charge is -2.33. The van der Waals surface area contributed by atoms with Crippen LogP contribution in [0.5, 0.6) is 0 Å². The normalized spacial score (nSPS) is 14.8. The Balaban J connectivity index is 1.89. The van der Waals surface area contributed by atoms with E-state index < -0.39 is 19.0 Å². The maximum Gasteiger partial charge on any atom is 0.316 e. The van der Waals surface area contributed by atoms with E-state index in [1.54, 1.807) is 30.3 Å². The number of halogens is 3. The Labute approximate surface area is 229 Å². The zero-order valence-electron chi connectivity index (χ0n) is 20.4. The molecule has 0 aromatic heterocycles. The second-order valence-electron chi connectivity index (χ2n) is 8.99. The Morgan fingerprint density at radius 1 is 0.868 bits per heavy atom. The number of benzene rings is 4. The Hall–Kier alpha value is -3.18. The van der Waals surface area contributed by atoms with Crippen LogP contribution in [-0.4, -0.2) is 16.8 Å². The quantitative estimate of drug-likeness (QED) is 0.149. The van der Waals surface area contributed by atoms with E-state index in [1.165, 1.54) is 12.1 Å². The van der Waals surface area contributed by atoms with Crippen molar-refractivity contribution in [3.63, 3.8) is 0 Å². The highest BCUT2D eigenvalue weighted by atomic mass is 79.9. The van der Waals surface area contributed by atoms with Crippen LogP contribution in [0.1, 0.15) is 33.5 Å². The summed E-state index contributed by atoms with van der Waals surface area (Å²) in [5.41, 5.74) is 1.60. The minimum atomic E-state index is -4.94. The van der Waals surface area contributed by atoms with Crippen LogP contribution in [0.3, 0.4) is 0 Å². The second kappa shape index (κ2) is 12.1. The van der Waals surface area contributed by atoms with Crippen molar-refractivity contribution < 1.29 is 23.0 Å². The molecule has 0 saturated heterocycles. The lowest BCUT2D eigenvalue weighted by atomic mass is 9.68. The van der Waals surface area contributed by atoms with E-state index >= 15 is 0 Å². The highest BCUT2D eigenvalue weighted by Crippen LogP contribution is 2.49. The lowest BCUT2D eigenvalue weighted by molar-refractivity contribution is 0.0882. The summed E-state index contributed by atoms with van der Waals surface area (Å²) in [6, 6.07) is 32.4. The van der Waals surface area contributed by atoms with Crippen molar-refractivity contribution in [2.24, 2.45) is 0 Å². The lowest BCUT2D eigenvalue weighted by Crippen LogP contribution is -2.38. The van der Waals surface area contributed by atoms with E-state index in [2.05, 4.69) is 15.9 Å². The zero-order valence-corrected chi connectivity index (χ0v) is 22.9. The molecular weight excluding hydrogens is 569 g/mol. The first kappa shape index (κ1) is 27.8. The molecule has 38 heavy (non-hydrogen) atoms. The predicted molar refractivity (Wildman–Crippen MR) is 152 cm³/mol. The number of ketones is 1. The standard InChI is InChI=1S/C31H26BrF2O3P/c32-28-25(17-10-20-27(28)38(36,37)30(33)34)22-31(26-18-8-3-9-19-26,29(35)24-15-6-2-7-16-24)21-11-14-23-12-4-1-5-13-23/h1-20,30H,21-22H2,(H,36,37). The molecule has 0 aliphatic heterocycles. The summed E-state index contributed by atoms with van der Waals surface area (Å²) in [5, 5.41) is -0.362. The van der Waals surface area contributed by atoms with Crippen LogP contribution in [0, 0.1) is 0 Å². The van der Waals surface area contributed by atoms with Crippen LogP contribution >= 0.6 is 23.3 Å². The Morgan fingerprint density at radius 3 is 2.05 bits per heavy atom. The van der Waals surface area contributed by atoms with E-state index in [9.17, 15) is 23.0 Å². The van der Waals surface area contributed by atoms with E-state index in [4.69, 9.17) is 0 Å². The summed E-state index contributed by atoms with van der Waals surface area (Å²) in [4.78, 5) is 24.5. The Morgan fingerprint density at radius 2 is 1.45 bits per heavy atom. The van der Waals surface area contributed by atoms with Crippen molar-refractivity contribution in [2.75, 3.05) is 0 Å². The van der Waals surface area contributed by atoms with E-state index in [1.807, 2.05) is 78.9 Å². The van der Waals surface area contributed by atoms with Gasteiger partial charge < -0.3 is 4.89 Å². The topological polar surface area (TPSA) is 54.4 Å². The molecule has 4 aromatic rings. The van der Waals surface area contributed by atoms with Crippen LogP contribution in [-0.2, 0) is 16.4 Å². The number of Topliss-reactive ketones (excluding diaryl/α,β-unsaturated/α-hetero) is 1. The van der Waals surface area contributed by atoms with Gasteiger partial charge in [-0.2, -0.15) is 8.78 Å². The Bertz CT molecular complexity index is 1460. The summed E-state index contributed by atoms with van der Waals surface area (Å²) in [6.45, 7) is 0. The molecule has 3 nitrogen and oxygen atoms in total. The minimum absolute atomic E-state index is 0.111. The smallest absolute Gasteiger partial charge is 0.316 e. The molecule has 4 aromatic carbocycles. The molecular formula is C31H26BrF2O3P. The average molecular weight is 595 g/mol. The molecule has 4 rings (SSSR count). The molecule has 0 amide bonds. The molecule has 0 aliphatic carbocycles. The molecule has 0 bridgehead atoms. The number of rotatable bonds is 10. The van der Waals surface area contributed by atoms with Crippen molar-refractivity contribution in [1.82, 2.24) is 0 Å². The number of alkyl halides is 2. The molecule has 0 saturated carbocycles. The summed E-state index contributed by atoms with van der Waals surface area (Å²) in [5.74, 6) is -0.139. The van der Waals surface area contributed by atoms with Gasteiger partial charge in [0, 0.05) is 10.0 Å². The summed E-state index contributed by atoms with van der Waals surface area (Å²) < 4.78 is 39.6. The van der Waals surface area contributed by atoms with Gasteiger partial charge in [-0.25, -0.2) is 0 Å². The highest BCUT2D eigenvalue weighted by molar-refractivity contribution is 9.10. The largest absolute Gasteiger partial charge is 0.337 e. The van der Waals surface area contributed by atoms with Gasteiger partial charge in [-0.1, -0.05) is 115 Å². The van der Waals surface area contributed by atoms with Crippen LogP contribution in [0.2, 0.25) is 0 Å². The fourth-order valence-corrected chi connectivity index (χ4v) is 6.66. The van der Waals surface area contributed by atoms with E-state index in [0.29, 0.717) is 17.5 Å². The van der Waals surface area contributed by atoms with Crippen molar-refractivity contribution in [1.29, 1.82) is 0 Å². The fraction of sp³-hybridized carbons (Fsp3) is 0.129. The molecule has 1 N–H and O–H groups in total. The van der Waals surface area contributed by atoms with Gasteiger partial charge in [-0.05, 0) is 51.5 Å².